The van der Waals surface area contributed by atoms with Gasteiger partial charge in [-0.1, -0.05) is 23.5 Å². The van der Waals surface area contributed by atoms with Crippen LogP contribution in [0.2, 0.25) is 0 Å². The van der Waals surface area contributed by atoms with Gasteiger partial charge in [0.25, 0.3) is 11.2 Å². The molecule has 3 aromatic heterocycles. The van der Waals surface area contributed by atoms with Crippen LogP contribution in [0.15, 0.2) is 53.6 Å². The molecule has 4 rings (SSSR count). The molecule has 0 N–H and O–H groups in total. The number of para-hydroxylation sites is 1. The summed E-state index contributed by atoms with van der Waals surface area (Å²) >= 11 is 1.13. The molecule has 0 saturated heterocycles. The molecule has 0 spiro atoms. The topological polar surface area (TPSA) is 103 Å². The molecule has 25 heavy (non-hydrogen) atoms. The van der Waals surface area contributed by atoms with Crippen LogP contribution in [0.3, 0.4) is 0 Å². The Morgan fingerprint density at radius 3 is 2.76 bits per heavy atom. The highest BCUT2D eigenvalue weighted by Crippen LogP contribution is 2.19. The zero-order valence-corrected chi connectivity index (χ0v) is 13.4. The van der Waals surface area contributed by atoms with Gasteiger partial charge in [-0.3, -0.25) is 19.9 Å². The quantitative estimate of drug-likeness (QED) is 0.411. The van der Waals surface area contributed by atoms with Crippen molar-refractivity contribution in [3.63, 3.8) is 0 Å². The van der Waals surface area contributed by atoms with E-state index in [9.17, 15) is 14.9 Å². The number of fused-ring (bicyclic) bond motifs is 1. The second kappa shape index (κ2) is 5.87. The molecule has 4 aromatic rings. The van der Waals surface area contributed by atoms with Crippen molar-refractivity contribution in [2.75, 3.05) is 0 Å². The fourth-order valence-electron chi connectivity index (χ4n) is 2.37. The zero-order valence-electron chi connectivity index (χ0n) is 12.6. The van der Waals surface area contributed by atoms with Gasteiger partial charge in [-0.05, 0) is 24.3 Å². The van der Waals surface area contributed by atoms with Gasteiger partial charge in [0.15, 0.2) is 5.82 Å². The Balaban J connectivity index is 1.86. The molecule has 0 aliphatic heterocycles. The Morgan fingerprint density at radius 1 is 1.20 bits per heavy atom. The van der Waals surface area contributed by atoms with Crippen LogP contribution >= 0.6 is 11.3 Å². The largest absolute Gasteiger partial charge is 0.291 e. The fraction of sp³-hybridized carbons (Fsp3) is 0. The summed E-state index contributed by atoms with van der Waals surface area (Å²) in [5.74, 6) is 0.411. The van der Waals surface area contributed by atoms with Crippen LogP contribution in [0.1, 0.15) is 5.56 Å². The first-order valence-electron chi connectivity index (χ1n) is 7.18. The molecule has 0 fully saturated rings. The highest BCUT2D eigenvalue weighted by Gasteiger charge is 2.14. The van der Waals surface area contributed by atoms with Crippen LogP contribution in [-0.2, 0) is 0 Å². The standard InChI is InChI=1S/C16H9N5O3S/c22-15-13(8-10-4-1-2-6-12(10)21(23)24)25-16-18-14(19-20(15)16)11-5-3-7-17-9-11/h1-9H/b13-8-. The van der Waals surface area contributed by atoms with Gasteiger partial charge in [0, 0.05) is 24.0 Å². The van der Waals surface area contributed by atoms with Gasteiger partial charge in [0.1, 0.15) is 0 Å². The molecule has 0 amide bonds. The lowest BCUT2D eigenvalue weighted by molar-refractivity contribution is -0.385. The lowest BCUT2D eigenvalue weighted by Crippen LogP contribution is -2.23. The molecule has 0 bridgehead atoms. The number of nitrogens with zero attached hydrogens (tertiary/aromatic N) is 5. The van der Waals surface area contributed by atoms with Crippen molar-refractivity contribution in [3.05, 3.63) is 79.4 Å². The summed E-state index contributed by atoms with van der Waals surface area (Å²) in [5, 5.41) is 15.3. The number of nitro groups is 1. The molecular weight excluding hydrogens is 342 g/mol. The van der Waals surface area contributed by atoms with Crippen LogP contribution in [0.5, 0.6) is 0 Å². The monoisotopic (exact) mass is 351 g/mol. The first kappa shape index (κ1) is 15.1. The van der Waals surface area contributed by atoms with Crippen LogP contribution in [0.25, 0.3) is 22.4 Å². The van der Waals surface area contributed by atoms with Gasteiger partial charge in [-0.15, -0.1) is 5.10 Å². The minimum absolute atomic E-state index is 0.0584. The van der Waals surface area contributed by atoms with E-state index in [-0.39, 0.29) is 11.2 Å². The smallest absolute Gasteiger partial charge is 0.266 e. The van der Waals surface area contributed by atoms with E-state index in [2.05, 4.69) is 15.1 Å². The molecule has 0 radical (unpaired) electrons. The maximum atomic E-state index is 12.5. The Hall–Kier alpha value is -3.46. The number of rotatable bonds is 3. The molecule has 1 aromatic carbocycles. The zero-order chi connectivity index (χ0) is 17.4. The van der Waals surface area contributed by atoms with Crippen LogP contribution < -0.4 is 10.1 Å². The molecule has 0 aliphatic carbocycles. The van der Waals surface area contributed by atoms with Crippen LogP contribution in [0, 0.1) is 10.1 Å². The number of hydrogen-bond acceptors (Lipinski definition) is 7. The van der Waals surface area contributed by atoms with Gasteiger partial charge in [0.2, 0.25) is 4.96 Å². The second-order valence-electron chi connectivity index (χ2n) is 5.10. The summed E-state index contributed by atoms with van der Waals surface area (Å²) in [6.07, 6.45) is 4.75. The Kier molecular flexibility index (Phi) is 3.55. The van der Waals surface area contributed by atoms with Gasteiger partial charge in [-0.25, -0.2) is 0 Å². The number of aromatic nitrogens is 4. The predicted octanol–water partition coefficient (Wildman–Crippen LogP) is 1.67. The highest BCUT2D eigenvalue weighted by atomic mass is 32.1. The minimum Gasteiger partial charge on any atom is -0.266 e. The van der Waals surface area contributed by atoms with E-state index in [4.69, 9.17) is 0 Å². The fourth-order valence-corrected chi connectivity index (χ4v) is 3.27. The molecule has 3 heterocycles. The maximum Gasteiger partial charge on any atom is 0.291 e. The summed E-state index contributed by atoms with van der Waals surface area (Å²) in [6, 6.07) is 9.81. The van der Waals surface area contributed by atoms with E-state index < -0.39 is 4.92 Å². The highest BCUT2D eigenvalue weighted by molar-refractivity contribution is 7.15. The molecule has 0 atom stereocenters. The Bertz CT molecular complexity index is 1200. The molecule has 0 unspecified atom stereocenters. The van der Waals surface area contributed by atoms with Gasteiger partial charge in [-0.2, -0.15) is 9.50 Å². The van der Waals surface area contributed by atoms with E-state index in [0.717, 1.165) is 11.3 Å². The lowest BCUT2D eigenvalue weighted by atomic mass is 10.2. The maximum absolute atomic E-state index is 12.5. The van der Waals surface area contributed by atoms with E-state index in [1.54, 1.807) is 42.7 Å². The third-order valence-corrected chi connectivity index (χ3v) is 4.48. The molecule has 9 heteroatoms. The van der Waals surface area contributed by atoms with Gasteiger partial charge < -0.3 is 0 Å². The Labute approximate surface area is 143 Å². The molecule has 122 valence electrons. The van der Waals surface area contributed by atoms with E-state index in [1.165, 1.54) is 16.7 Å². The number of pyridine rings is 1. The van der Waals surface area contributed by atoms with Gasteiger partial charge in [0.05, 0.1) is 15.0 Å². The van der Waals surface area contributed by atoms with Crippen molar-refractivity contribution in [1.29, 1.82) is 0 Å². The summed E-state index contributed by atoms with van der Waals surface area (Å²) < 4.78 is 1.54. The lowest BCUT2D eigenvalue weighted by Gasteiger charge is -1.94. The van der Waals surface area contributed by atoms with Gasteiger partial charge >= 0.3 is 0 Å². The van der Waals surface area contributed by atoms with Crippen molar-refractivity contribution >= 4 is 28.1 Å². The summed E-state index contributed by atoms with van der Waals surface area (Å²) in [6.45, 7) is 0. The van der Waals surface area contributed by atoms with Crippen molar-refractivity contribution in [2.24, 2.45) is 0 Å². The van der Waals surface area contributed by atoms with E-state index in [1.807, 2.05) is 0 Å². The third-order valence-electron chi connectivity index (χ3n) is 3.52. The number of thiazole rings is 1. The average molecular weight is 351 g/mol. The molecule has 0 saturated carbocycles. The minimum atomic E-state index is -0.478. The second-order valence-corrected chi connectivity index (χ2v) is 6.11. The number of nitro benzene ring substituents is 1. The summed E-state index contributed by atoms with van der Waals surface area (Å²) in [5.41, 5.74) is 0.654. The van der Waals surface area contributed by atoms with E-state index in [0.29, 0.717) is 26.4 Å². The SMILES string of the molecule is O=c1/c(=C/c2ccccc2[N+](=O)[O-])sc2nc(-c3cccnc3)nn12. The first-order chi connectivity index (χ1) is 12.1. The summed E-state index contributed by atoms with van der Waals surface area (Å²) in [7, 11) is 0. The normalized spacial score (nSPS) is 11.9. The number of hydrogen-bond donors (Lipinski definition) is 0. The first-order valence-corrected chi connectivity index (χ1v) is 8.00. The Morgan fingerprint density at radius 2 is 2.04 bits per heavy atom. The van der Waals surface area contributed by atoms with Crippen molar-refractivity contribution < 1.29 is 4.92 Å². The van der Waals surface area contributed by atoms with E-state index >= 15 is 0 Å². The van der Waals surface area contributed by atoms with Crippen molar-refractivity contribution in [3.8, 4) is 11.4 Å². The predicted molar refractivity (Wildman–Crippen MR) is 92.2 cm³/mol. The molecular formula is C16H9N5O3S. The van der Waals surface area contributed by atoms with Crippen LogP contribution in [-0.4, -0.2) is 24.5 Å². The molecule has 0 aliphatic rings. The number of benzene rings is 1. The third kappa shape index (κ3) is 2.66. The van der Waals surface area contributed by atoms with Crippen molar-refractivity contribution in [2.45, 2.75) is 0 Å². The molecule has 8 nitrogen and oxygen atoms in total. The van der Waals surface area contributed by atoms with Crippen LogP contribution in [0.4, 0.5) is 5.69 Å². The average Bonchev–Trinajstić information content (AvgIpc) is 3.16. The van der Waals surface area contributed by atoms with Crippen molar-refractivity contribution in [1.82, 2.24) is 19.6 Å². The summed E-state index contributed by atoms with van der Waals surface area (Å²) in [4.78, 5) is 31.9.